The number of ether oxygens (including phenoxy) is 2. The predicted molar refractivity (Wildman–Crippen MR) is 250 cm³/mol. The van der Waals surface area contributed by atoms with Gasteiger partial charge in [0.25, 0.3) is 11.1 Å². The van der Waals surface area contributed by atoms with E-state index in [1.54, 1.807) is 69.9 Å². The molecule has 0 bridgehead atoms. The minimum absolute atomic E-state index is 0.231. The first-order valence-electron chi connectivity index (χ1n) is 20.7. The van der Waals surface area contributed by atoms with E-state index in [2.05, 4.69) is 72.4 Å². The van der Waals surface area contributed by atoms with Gasteiger partial charge in [0.15, 0.2) is 17.6 Å². The lowest BCUT2D eigenvalue weighted by Crippen LogP contribution is -2.34. The van der Waals surface area contributed by atoms with Crippen LogP contribution in [0.1, 0.15) is 68.4 Å². The molecule has 1 aliphatic rings. The van der Waals surface area contributed by atoms with Crippen LogP contribution in [0, 0.1) is 0 Å². The molecular formula is C46H48ClN9O6S2. The van der Waals surface area contributed by atoms with Gasteiger partial charge >= 0.3 is 6.09 Å². The highest BCUT2D eigenvalue weighted by molar-refractivity contribution is 8.15. The summed E-state index contributed by atoms with van der Waals surface area (Å²) in [7, 11) is 1.59. The normalized spacial score (nSPS) is 14.2. The molecule has 1 aliphatic heterocycles. The highest BCUT2D eigenvalue weighted by Gasteiger charge is 2.31. The van der Waals surface area contributed by atoms with Gasteiger partial charge in [-0.3, -0.25) is 24.6 Å². The molecule has 7 rings (SSSR count). The van der Waals surface area contributed by atoms with E-state index in [0.29, 0.717) is 40.9 Å². The van der Waals surface area contributed by atoms with Gasteiger partial charge in [-0.05, 0) is 103 Å². The highest BCUT2D eigenvalue weighted by Crippen LogP contribution is 2.43. The van der Waals surface area contributed by atoms with Crippen LogP contribution in [0.15, 0.2) is 95.9 Å². The minimum atomic E-state index is -0.771. The Balaban J connectivity index is 1.12. The quantitative estimate of drug-likeness (QED) is 0.0633. The summed E-state index contributed by atoms with van der Waals surface area (Å²) in [6.45, 7) is 7.18. The third kappa shape index (κ3) is 11.9. The number of anilines is 2. The van der Waals surface area contributed by atoms with E-state index < -0.39 is 22.9 Å². The molecular weight excluding hydrogens is 874 g/mol. The molecule has 0 saturated carbocycles. The molecule has 2 unspecified atom stereocenters. The van der Waals surface area contributed by atoms with Crippen LogP contribution < -0.4 is 20.3 Å². The van der Waals surface area contributed by atoms with Crippen molar-refractivity contribution in [2.75, 3.05) is 23.9 Å². The zero-order valence-electron chi connectivity index (χ0n) is 35.9. The number of imide groups is 1. The predicted octanol–water partition coefficient (Wildman–Crippen LogP) is 9.61. The van der Waals surface area contributed by atoms with Gasteiger partial charge in [0, 0.05) is 23.9 Å². The van der Waals surface area contributed by atoms with Crippen LogP contribution in [0.5, 0.6) is 5.75 Å². The second-order valence-electron chi connectivity index (χ2n) is 16.1. The van der Waals surface area contributed by atoms with Crippen LogP contribution in [-0.4, -0.2) is 78.2 Å². The average Bonchev–Trinajstić information content (AvgIpc) is 4.02. The van der Waals surface area contributed by atoms with Gasteiger partial charge in [0.2, 0.25) is 5.91 Å². The summed E-state index contributed by atoms with van der Waals surface area (Å²) < 4.78 is 11.5. The number of imidazole rings is 1. The molecule has 0 radical (unpaired) electrons. The molecule has 4 amide bonds. The number of hydrogen-bond donors (Lipinski definition) is 4. The van der Waals surface area contributed by atoms with Crippen LogP contribution >= 0.6 is 35.1 Å². The van der Waals surface area contributed by atoms with Crippen LogP contribution in [-0.2, 0) is 33.6 Å². The Bertz CT molecular complexity index is 2600. The zero-order valence-corrected chi connectivity index (χ0v) is 38.3. The maximum absolute atomic E-state index is 13.5. The number of tetrazole rings is 1. The molecule has 6 aromatic rings. The van der Waals surface area contributed by atoms with Gasteiger partial charge < -0.3 is 19.8 Å². The molecule has 18 heteroatoms. The second-order valence-corrected chi connectivity index (χ2v) is 18.9. The Hall–Kier alpha value is -6.17. The topological polar surface area (TPSA) is 197 Å². The van der Waals surface area contributed by atoms with Crippen molar-refractivity contribution < 1.29 is 28.7 Å². The molecule has 4 N–H and O–H groups in total. The van der Waals surface area contributed by atoms with Crippen molar-refractivity contribution in [2.24, 2.45) is 0 Å². The lowest BCUT2D eigenvalue weighted by molar-refractivity contribution is -0.119. The van der Waals surface area contributed by atoms with Gasteiger partial charge in [-0.1, -0.05) is 97.4 Å². The van der Waals surface area contributed by atoms with Crippen LogP contribution in [0.4, 0.5) is 21.0 Å². The number of aryl methyl sites for hydroxylation is 1. The first-order chi connectivity index (χ1) is 30.7. The number of nitrogens with zero attached hydrogens (tertiary/aromatic N) is 5. The van der Waals surface area contributed by atoms with Gasteiger partial charge in [0.1, 0.15) is 17.2 Å². The number of benzene rings is 4. The summed E-state index contributed by atoms with van der Waals surface area (Å²) in [6.07, 6.45) is 3.10. The molecule has 3 heterocycles. The van der Waals surface area contributed by atoms with E-state index in [1.807, 2.05) is 36.4 Å². The van der Waals surface area contributed by atoms with Crippen LogP contribution in [0.25, 0.3) is 22.5 Å². The van der Waals surface area contributed by atoms with Crippen molar-refractivity contribution in [3.8, 4) is 28.3 Å². The standard InChI is InChI=1S/C46H48ClN9O6S2/c1-6-7-12-38-49-40(41(47)50-38)36(23-27-13-17-29(18-14-27)32-10-8-9-11-33(32)42-52-54-55-53-42)63-31-21-22-34(35(25-31)56(5)45(60)62-46(2,3)4)48-39(57)26-61-30-19-15-28(16-20-30)24-37-43(58)51-44(59)64-37/h8-11,13-22,25,36-37H,6-7,12,23-24,26H2,1-5H3,(H,48,57)(H,49,50)(H,51,58,59)(H,52,53,54,55). The van der Waals surface area contributed by atoms with E-state index in [4.69, 9.17) is 21.1 Å². The minimum Gasteiger partial charge on any atom is -0.484 e. The molecule has 2 atom stereocenters. The van der Waals surface area contributed by atoms with Gasteiger partial charge in [-0.25, -0.2) is 14.9 Å². The lowest BCUT2D eigenvalue weighted by Gasteiger charge is -2.26. The van der Waals surface area contributed by atoms with E-state index in [9.17, 15) is 19.2 Å². The summed E-state index contributed by atoms with van der Waals surface area (Å²) in [6, 6.07) is 28.7. The number of H-pyrrole nitrogens is 2. The van der Waals surface area contributed by atoms with E-state index in [0.717, 1.165) is 75.3 Å². The number of thioether (sulfide) groups is 2. The van der Waals surface area contributed by atoms with Crippen molar-refractivity contribution in [3.05, 3.63) is 119 Å². The van der Waals surface area contributed by atoms with Crippen LogP contribution in [0.2, 0.25) is 5.15 Å². The Morgan fingerprint density at radius 2 is 1.72 bits per heavy atom. The van der Waals surface area contributed by atoms with Gasteiger partial charge in [-0.15, -0.1) is 16.9 Å². The number of hydrogen-bond acceptors (Lipinski definition) is 12. The maximum Gasteiger partial charge on any atom is 0.414 e. The molecule has 1 saturated heterocycles. The largest absolute Gasteiger partial charge is 0.484 e. The Labute approximate surface area is 384 Å². The lowest BCUT2D eigenvalue weighted by atomic mass is 9.97. The zero-order chi connectivity index (χ0) is 45.4. The second kappa shape index (κ2) is 20.6. The van der Waals surface area contributed by atoms with Crippen molar-refractivity contribution in [3.63, 3.8) is 0 Å². The van der Waals surface area contributed by atoms with Crippen molar-refractivity contribution in [1.82, 2.24) is 35.9 Å². The van der Waals surface area contributed by atoms with Crippen LogP contribution in [0.3, 0.4) is 0 Å². The number of amides is 4. The number of nitrogens with one attached hydrogen (secondary N) is 4. The summed E-state index contributed by atoms with van der Waals surface area (Å²) in [5.41, 5.74) is 5.57. The van der Waals surface area contributed by atoms with E-state index in [-0.39, 0.29) is 23.0 Å². The van der Waals surface area contributed by atoms with E-state index >= 15 is 0 Å². The number of aromatic nitrogens is 6. The molecule has 0 aliphatic carbocycles. The fraction of sp³-hybridized carbons (Fsp3) is 0.304. The number of aromatic amines is 2. The molecule has 64 heavy (non-hydrogen) atoms. The summed E-state index contributed by atoms with van der Waals surface area (Å²) in [5.74, 6) is 1.08. The summed E-state index contributed by atoms with van der Waals surface area (Å²) in [4.78, 5) is 60.8. The molecule has 15 nitrogen and oxygen atoms in total. The Morgan fingerprint density at radius 1 is 0.984 bits per heavy atom. The Morgan fingerprint density at radius 3 is 2.39 bits per heavy atom. The fourth-order valence-electron chi connectivity index (χ4n) is 6.90. The molecule has 0 spiro atoms. The first kappa shape index (κ1) is 45.8. The van der Waals surface area contributed by atoms with Crippen molar-refractivity contribution >= 4 is 69.6 Å². The molecule has 1 fully saturated rings. The molecule has 332 valence electrons. The third-order valence-electron chi connectivity index (χ3n) is 10.1. The molecule has 4 aromatic carbocycles. The van der Waals surface area contributed by atoms with Gasteiger partial charge in [0.05, 0.1) is 27.6 Å². The number of carbonyl (C=O) groups excluding carboxylic acids is 4. The monoisotopic (exact) mass is 921 g/mol. The Kier molecular flexibility index (Phi) is 14.7. The summed E-state index contributed by atoms with van der Waals surface area (Å²) in [5, 5.41) is 19.0. The number of halogens is 1. The van der Waals surface area contributed by atoms with Crippen molar-refractivity contribution in [2.45, 2.75) is 80.8 Å². The SMILES string of the molecule is CCCCc1nc(Cl)c(C(Cc2ccc(-c3ccccc3-c3nnn[nH]3)cc2)Sc2ccc(NC(=O)COc3ccc(CC4SC(=O)NC4=O)cc3)c(N(C)C(=O)OC(C)(C)C)c2)[nH]1. The summed E-state index contributed by atoms with van der Waals surface area (Å²) >= 11 is 9.41. The fourth-order valence-corrected chi connectivity index (χ4v) is 9.33. The van der Waals surface area contributed by atoms with E-state index in [1.165, 1.54) is 4.90 Å². The number of unbranched alkanes of at least 4 members (excludes halogenated alkanes) is 1. The number of rotatable bonds is 17. The maximum atomic E-state index is 13.5. The van der Waals surface area contributed by atoms with Crippen molar-refractivity contribution in [1.29, 1.82) is 0 Å². The third-order valence-corrected chi connectivity index (χ3v) is 12.6. The van der Waals surface area contributed by atoms with Gasteiger partial charge in [-0.2, -0.15) is 0 Å². The average molecular weight is 923 g/mol. The number of carbonyl (C=O) groups is 4. The molecule has 2 aromatic heterocycles. The smallest absolute Gasteiger partial charge is 0.414 e. The highest BCUT2D eigenvalue weighted by atomic mass is 35.5. The first-order valence-corrected chi connectivity index (χ1v) is 22.8.